The van der Waals surface area contributed by atoms with Crippen molar-refractivity contribution in [1.82, 2.24) is 10.2 Å². The number of piperazine rings is 1. The van der Waals surface area contributed by atoms with E-state index in [9.17, 15) is 4.79 Å². The lowest BCUT2D eigenvalue weighted by atomic mass is 10.4. The average molecular weight is 223 g/mol. The van der Waals surface area contributed by atoms with Crippen LogP contribution in [0.3, 0.4) is 0 Å². The van der Waals surface area contributed by atoms with Crippen LogP contribution in [-0.4, -0.2) is 43.8 Å². The van der Waals surface area contributed by atoms with Gasteiger partial charge in [0.2, 0.25) is 0 Å². The average Bonchev–Trinajstić information content (AvgIpc) is 2.19. The van der Waals surface area contributed by atoms with Crippen LogP contribution >= 0.6 is 12.4 Å². The van der Waals surface area contributed by atoms with Crippen LogP contribution in [0.25, 0.3) is 0 Å². The molecule has 0 aromatic heterocycles. The van der Waals surface area contributed by atoms with Crippen LogP contribution in [0.1, 0.15) is 19.8 Å². The second kappa shape index (κ2) is 7.88. The number of carbonyl (C=O) groups excluding carboxylic acids is 1. The molecule has 84 valence electrons. The number of hydrogen-bond donors (Lipinski definition) is 1. The topological polar surface area (TPSA) is 41.6 Å². The molecular formula is C9H19ClN2O2. The molecule has 0 atom stereocenters. The summed E-state index contributed by atoms with van der Waals surface area (Å²) in [6, 6.07) is 0. The second-order valence-electron chi connectivity index (χ2n) is 3.20. The van der Waals surface area contributed by atoms with Crippen molar-refractivity contribution in [2.45, 2.75) is 19.8 Å². The SMILES string of the molecule is CCCCOC(=O)N1CCNCC1.Cl. The maximum absolute atomic E-state index is 11.3. The summed E-state index contributed by atoms with van der Waals surface area (Å²) < 4.78 is 5.08. The zero-order chi connectivity index (χ0) is 9.52. The molecule has 0 spiro atoms. The summed E-state index contributed by atoms with van der Waals surface area (Å²) in [5.41, 5.74) is 0. The molecule has 0 unspecified atom stereocenters. The Morgan fingerprint density at radius 3 is 2.64 bits per heavy atom. The van der Waals surface area contributed by atoms with E-state index in [0.717, 1.165) is 39.0 Å². The third-order valence-corrected chi connectivity index (χ3v) is 2.10. The fourth-order valence-electron chi connectivity index (χ4n) is 1.24. The van der Waals surface area contributed by atoms with Gasteiger partial charge in [-0.15, -0.1) is 12.4 Å². The number of ether oxygens (including phenoxy) is 1. The van der Waals surface area contributed by atoms with Gasteiger partial charge in [0.1, 0.15) is 0 Å². The van der Waals surface area contributed by atoms with E-state index < -0.39 is 0 Å². The fourth-order valence-corrected chi connectivity index (χ4v) is 1.24. The Morgan fingerprint density at radius 1 is 1.43 bits per heavy atom. The highest BCUT2D eigenvalue weighted by molar-refractivity contribution is 5.85. The Bertz CT molecular complexity index is 161. The molecule has 1 N–H and O–H groups in total. The molecule has 1 heterocycles. The van der Waals surface area contributed by atoms with E-state index in [2.05, 4.69) is 12.2 Å². The zero-order valence-corrected chi connectivity index (χ0v) is 9.44. The van der Waals surface area contributed by atoms with E-state index in [0.29, 0.717) is 6.61 Å². The van der Waals surface area contributed by atoms with E-state index in [1.54, 1.807) is 4.90 Å². The van der Waals surface area contributed by atoms with Gasteiger partial charge in [0.25, 0.3) is 0 Å². The number of amides is 1. The molecule has 0 aromatic rings. The largest absolute Gasteiger partial charge is 0.449 e. The molecule has 0 bridgehead atoms. The van der Waals surface area contributed by atoms with Crippen LogP contribution in [0.15, 0.2) is 0 Å². The van der Waals surface area contributed by atoms with Gasteiger partial charge in [0.05, 0.1) is 6.61 Å². The lowest BCUT2D eigenvalue weighted by Crippen LogP contribution is -2.46. The molecule has 1 amide bonds. The molecule has 1 aliphatic heterocycles. The Balaban J connectivity index is 0.00000169. The minimum atomic E-state index is -0.157. The predicted octanol–water partition coefficient (Wildman–Crippen LogP) is 1.25. The first-order valence-electron chi connectivity index (χ1n) is 4.97. The standard InChI is InChI=1S/C9H18N2O2.ClH/c1-2-3-8-13-9(12)11-6-4-10-5-7-11;/h10H,2-8H2,1H3;1H. The number of halogens is 1. The van der Waals surface area contributed by atoms with Gasteiger partial charge in [-0.25, -0.2) is 4.79 Å². The summed E-state index contributed by atoms with van der Waals surface area (Å²) in [4.78, 5) is 13.1. The van der Waals surface area contributed by atoms with Crippen LogP contribution in [-0.2, 0) is 4.74 Å². The molecule has 1 rings (SSSR count). The van der Waals surface area contributed by atoms with Gasteiger partial charge >= 0.3 is 6.09 Å². The summed E-state index contributed by atoms with van der Waals surface area (Å²) in [7, 11) is 0. The highest BCUT2D eigenvalue weighted by Gasteiger charge is 2.16. The van der Waals surface area contributed by atoms with Gasteiger partial charge in [-0.3, -0.25) is 0 Å². The van der Waals surface area contributed by atoms with Crippen LogP contribution in [0.5, 0.6) is 0 Å². The minimum Gasteiger partial charge on any atom is -0.449 e. The smallest absolute Gasteiger partial charge is 0.409 e. The van der Waals surface area contributed by atoms with Gasteiger partial charge in [0.15, 0.2) is 0 Å². The van der Waals surface area contributed by atoms with Crippen molar-refractivity contribution in [2.24, 2.45) is 0 Å². The van der Waals surface area contributed by atoms with Crippen LogP contribution in [0, 0.1) is 0 Å². The minimum absolute atomic E-state index is 0. The van der Waals surface area contributed by atoms with Crippen molar-refractivity contribution in [1.29, 1.82) is 0 Å². The number of unbranched alkanes of at least 4 members (excludes halogenated alkanes) is 1. The molecule has 1 fully saturated rings. The van der Waals surface area contributed by atoms with E-state index in [-0.39, 0.29) is 18.5 Å². The first-order valence-corrected chi connectivity index (χ1v) is 4.97. The van der Waals surface area contributed by atoms with Crippen molar-refractivity contribution >= 4 is 18.5 Å². The highest BCUT2D eigenvalue weighted by atomic mass is 35.5. The van der Waals surface area contributed by atoms with Crippen molar-refractivity contribution < 1.29 is 9.53 Å². The second-order valence-corrected chi connectivity index (χ2v) is 3.20. The fraction of sp³-hybridized carbons (Fsp3) is 0.889. The molecule has 0 saturated carbocycles. The molecule has 1 saturated heterocycles. The number of nitrogens with zero attached hydrogens (tertiary/aromatic N) is 1. The maximum atomic E-state index is 11.3. The molecule has 1 aliphatic rings. The van der Waals surface area contributed by atoms with Gasteiger partial charge < -0.3 is 15.0 Å². The quantitative estimate of drug-likeness (QED) is 0.731. The maximum Gasteiger partial charge on any atom is 0.409 e. The number of rotatable bonds is 3. The zero-order valence-electron chi connectivity index (χ0n) is 8.62. The number of carbonyl (C=O) groups is 1. The summed E-state index contributed by atoms with van der Waals surface area (Å²) in [5.74, 6) is 0. The van der Waals surface area contributed by atoms with Gasteiger partial charge in [0, 0.05) is 26.2 Å². The Labute approximate surface area is 91.4 Å². The van der Waals surface area contributed by atoms with Crippen molar-refractivity contribution in [3.8, 4) is 0 Å². The van der Waals surface area contributed by atoms with Crippen molar-refractivity contribution in [3.05, 3.63) is 0 Å². The normalized spacial score (nSPS) is 15.9. The number of hydrogen-bond acceptors (Lipinski definition) is 3. The molecular weight excluding hydrogens is 204 g/mol. The molecule has 0 radical (unpaired) electrons. The molecule has 0 aromatic carbocycles. The molecule has 5 heteroatoms. The Kier molecular flexibility index (Phi) is 7.61. The summed E-state index contributed by atoms with van der Waals surface area (Å²) in [6.45, 7) is 5.93. The van der Waals surface area contributed by atoms with E-state index in [1.807, 2.05) is 0 Å². The van der Waals surface area contributed by atoms with E-state index in [1.165, 1.54) is 0 Å². The molecule has 4 nitrogen and oxygen atoms in total. The third kappa shape index (κ3) is 4.67. The lowest BCUT2D eigenvalue weighted by Gasteiger charge is -2.26. The molecule has 0 aliphatic carbocycles. The Morgan fingerprint density at radius 2 is 2.07 bits per heavy atom. The third-order valence-electron chi connectivity index (χ3n) is 2.10. The lowest BCUT2D eigenvalue weighted by molar-refractivity contribution is 0.0965. The van der Waals surface area contributed by atoms with E-state index in [4.69, 9.17) is 4.74 Å². The van der Waals surface area contributed by atoms with E-state index >= 15 is 0 Å². The van der Waals surface area contributed by atoms with Crippen LogP contribution in [0.2, 0.25) is 0 Å². The predicted molar refractivity (Wildman–Crippen MR) is 57.9 cm³/mol. The van der Waals surface area contributed by atoms with Gasteiger partial charge in [-0.1, -0.05) is 13.3 Å². The Hall–Kier alpha value is -0.480. The van der Waals surface area contributed by atoms with Crippen molar-refractivity contribution in [2.75, 3.05) is 32.8 Å². The summed E-state index contributed by atoms with van der Waals surface area (Å²) in [6.07, 6.45) is 1.86. The van der Waals surface area contributed by atoms with Gasteiger partial charge in [-0.2, -0.15) is 0 Å². The first-order chi connectivity index (χ1) is 6.34. The van der Waals surface area contributed by atoms with Crippen LogP contribution < -0.4 is 5.32 Å². The van der Waals surface area contributed by atoms with Crippen LogP contribution in [0.4, 0.5) is 4.79 Å². The highest BCUT2D eigenvalue weighted by Crippen LogP contribution is 1.98. The number of nitrogens with one attached hydrogen (secondary N) is 1. The summed E-state index contributed by atoms with van der Waals surface area (Å²) in [5, 5.41) is 3.19. The van der Waals surface area contributed by atoms with Crippen molar-refractivity contribution in [3.63, 3.8) is 0 Å². The summed E-state index contributed by atoms with van der Waals surface area (Å²) >= 11 is 0. The molecule has 14 heavy (non-hydrogen) atoms. The monoisotopic (exact) mass is 222 g/mol. The van der Waals surface area contributed by atoms with Gasteiger partial charge in [-0.05, 0) is 6.42 Å². The first kappa shape index (κ1) is 13.5.